The topological polar surface area (TPSA) is 74.7 Å². The number of hydrogen-bond acceptors (Lipinski definition) is 5. The number of aliphatic hydroxyl groups is 1. The van der Waals surface area contributed by atoms with Crippen molar-refractivity contribution in [2.45, 2.75) is 12.2 Å². The third kappa shape index (κ3) is 4.57. The normalized spacial score (nSPS) is 15.6. The van der Waals surface area contributed by atoms with E-state index in [0.29, 0.717) is 16.5 Å². The van der Waals surface area contributed by atoms with Crippen molar-refractivity contribution < 1.29 is 27.8 Å². The molecule has 0 aliphatic carbocycles. The van der Waals surface area contributed by atoms with E-state index in [2.05, 4.69) is 10.3 Å². The number of aliphatic hydroxyl groups excluding tert-OH is 1. The third-order valence-electron chi connectivity index (χ3n) is 4.99. The number of anilines is 3. The van der Waals surface area contributed by atoms with Gasteiger partial charge in [0.2, 0.25) is 0 Å². The van der Waals surface area contributed by atoms with E-state index in [1.54, 1.807) is 35.4 Å². The molecule has 1 unspecified atom stereocenters. The van der Waals surface area contributed by atoms with Crippen LogP contribution >= 0.6 is 23.2 Å². The average Bonchev–Trinajstić information content (AvgIpc) is 2.78. The van der Waals surface area contributed by atoms with Crippen LogP contribution in [0.4, 0.5) is 30.4 Å². The lowest BCUT2D eigenvalue weighted by Crippen LogP contribution is -2.43. The molecule has 1 aliphatic rings. The van der Waals surface area contributed by atoms with Crippen molar-refractivity contribution in [1.82, 2.24) is 4.98 Å². The number of rotatable bonds is 4. The Bertz CT molecular complexity index is 1210. The number of pyridine rings is 1. The van der Waals surface area contributed by atoms with Gasteiger partial charge in [0.05, 0.1) is 39.5 Å². The number of carbonyl (C=O) groups is 1. The van der Waals surface area contributed by atoms with Crippen LogP contribution in [0, 0.1) is 0 Å². The predicted octanol–water partition coefficient (Wildman–Crippen LogP) is 5.55. The Morgan fingerprint density at radius 2 is 1.97 bits per heavy atom. The van der Waals surface area contributed by atoms with Crippen LogP contribution in [0.3, 0.4) is 0 Å². The molecule has 0 saturated carbocycles. The highest BCUT2D eigenvalue weighted by molar-refractivity contribution is 6.33. The molecule has 1 amide bonds. The van der Waals surface area contributed by atoms with Crippen molar-refractivity contribution in [2.75, 3.05) is 23.4 Å². The van der Waals surface area contributed by atoms with Gasteiger partial charge in [0, 0.05) is 11.9 Å². The Hall–Kier alpha value is -3.01. The summed E-state index contributed by atoms with van der Waals surface area (Å²) in [5, 5.41) is 12.2. The minimum absolute atomic E-state index is 0.0276. The van der Waals surface area contributed by atoms with Gasteiger partial charge >= 0.3 is 6.18 Å². The molecule has 0 spiro atoms. The summed E-state index contributed by atoms with van der Waals surface area (Å²) in [6.07, 6.45) is -3.13. The molecule has 2 heterocycles. The van der Waals surface area contributed by atoms with E-state index in [1.165, 1.54) is 12.1 Å². The number of nitrogens with zero attached hydrogens (tertiary/aromatic N) is 2. The van der Waals surface area contributed by atoms with E-state index in [-0.39, 0.29) is 30.2 Å². The van der Waals surface area contributed by atoms with Gasteiger partial charge in [-0.1, -0.05) is 29.3 Å². The lowest BCUT2D eigenvalue weighted by atomic mass is 10.1. The van der Waals surface area contributed by atoms with E-state index in [1.807, 2.05) is 0 Å². The van der Waals surface area contributed by atoms with Crippen LogP contribution in [-0.2, 0) is 6.18 Å². The number of nitrogens with one attached hydrogen (secondary N) is 1. The highest BCUT2D eigenvalue weighted by Crippen LogP contribution is 2.43. The first-order valence-electron chi connectivity index (χ1n) is 9.65. The second kappa shape index (κ2) is 9.09. The Morgan fingerprint density at radius 1 is 1.18 bits per heavy atom. The molecule has 1 aliphatic heterocycles. The van der Waals surface area contributed by atoms with Gasteiger partial charge < -0.3 is 20.1 Å². The van der Waals surface area contributed by atoms with Gasteiger partial charge in [-0.15, -0.1) is 0 Å². The van der Waals surface area contributed by atoms with Crippen molar-refractivity contribution in [2.24, 2.45) is 0 Å². The first-order valence-corrected chi connectivity index (χ1v) is 10.4. The number of amides is 1. The highest BCUT2D eigenvalue weighted by Gasteiger charge is 2.35. The average molecular weight is 498 g/mol. The zero-order valence-electron chi connectivity index (χ0n) is 16.7. The summed E-state index contributed by atoms with van der Waals surface area (Å²) in [5.41, 5.74) is -0.622. The standard InChI is InChI=1S/C22H16Cl2F3N3O3/c23-16-7-6-12(9-15(16)22(25,26)27)29-21(32)14-3-1-5-18-19(14)33-11-13(10-31)30(18)20-17(24)4-2-8-28-20/h1-9,13,31H,10-11H2,(H,29,32). The molecule has 33 heavy (non-hydrogen) atoms. The maximum Gasteiger partial charge on any atom is 0.417 e. The van der Waals surface area contributed by atoms with E-state index in [0.717, 1.165) is 12.1 Å². The Morgan fingerprint density at radius 3 is 2.67 bits per heavy atom. The van der Waals surface area contributed by atoms with Crippen molar-refractivity contribution in [3.05, 3.63) is 75.9 Å². The SMILES string of the molecule is O=C(Nc1ccc(Cl)c(C(F)(F)F)c1)c1cccc2c1OCC(CO)N2c1ncccc1Cl. The van der Waals surface area contributed by atoms with E-state index >= 15 is 0 Å². The number of aromatic nitrogens is 1. The maximum absolute atomic E-state index is 13.2. The first-order chi connectivity index (χ1) is 15.7. The molecule has 4 rings (SSSR count). The summed E-state index contributed by atoms with van der Waals surface area (Å²) in [7, 11) is 0. The zero-order valence-corrected chi connectivity index (χ0v) is 18.2. The monoisotopic (exact) mass is 497 g/mol. The number of fused-ring (bicyclic) bond motifs is 1. The molecular weight excluding hydrogens is 482 g/mol. The molecule has 11 heteroatoms. The molecule has 3 aromatic rings. The Balaban J connectivity index is 1.71. The summed E-state index contributed by atoms with van der Waals surface area (Å²) in [5.74, 6) is -0.129. The molecule has 2 N–H and O–H groups in total. The molecule has 6 nitrogen and oxygen atoms in total. The molecule has 0 saturated heterocycles. The molecule has 0 fully saturated rings. The van der Waals surface area contributed by atoms with Crippen LogP contribution in [0.1, 0.15) is 15.9 Å². The molecule has 2 aromatic carbocycles. The van der Waals surface area contributed by atoms with Gasteiger partial charge in [0.15, 0.2) is 11.6 Å². The fraction of sp³-hybridized carbons (Fsp3) is 0.182. The number of para-hydroxylation sites is 1. The smallest absolute Gasteiger partial charge is 0.417 e. The minimum atomic E-state index is -4.67. The predicted molar refractivity (Wildman–Crippen MR) is 119 cm³/mol. The fourth-order valence-electron chi connectivity index (χ4n) is 3.49. The van der Waals surface area contributed by atoms with E-state index < -0.39 is 28.7 Å². The number of hydrogen-bond donors (Lipinski definition) is 2. The highest BCUT2D eigenvalue weighted by atomic mass is 35.5. The van der Waals surface area contributed by atoms with Crippen LogP contribution in [0.25, 0.3) is 0 Å². The third-order valence-corrected chi connectivity index (χ3v) is 5.62. The number of carbonyl (C=O) groups excluding carboxylic acids is 1. The van der Waals surface area contributed by atoms with Gasteiger partial charge in [-0.3, -0.25) is 4.79 Å². The first kappa shape index (κ1) is 23.2. The van der Waals surface area contributed by atoms with Crippen LogP contribution in [0.15, 0.2) is 54.7 Å². The molecule has 1 atom stereocenters. The van der Waals surface area contributed by atoms with Crippen molar-refractivity contribution in [3.8, 4) is 5.75 Å². The summed E-state index contributed by atoms with van der Waals surface area (Å²) in [4.78, 5) is 18.9. The van der Waals surface area contributed by atoms with Crippen LogP contribution in [-0.4, -0.2) is 35.3 Å². The largest absolute Gasteiger partial charge is 0.488 e. The number of halogens is 5. The van der Waals surface area contributed by atoms with Crippen LogP contribution < -0.4 is 15.0 Å². The molecule has 0 radical (unpaired) electrons. The second-order valence-electron chi connectivity index (χ2n) is 7.13. The van der Waals surface area contributed by atoms with Gasteiger partial charge in [0.25, 0.3) is 5.91 Å². The van der Waals surface area contributed by atoms with Crippen molar-refractivity contribution in [1.29, 1.82) is 0 Å². The van der Waals surface area contributed by atoms with Crippen LogP contribution in [0.5, 0.6) is 5.75 Å². The van der Waals surface area contributed by atoms with Gasteiger partial charge in [-0.25, -0.2) is 4.98 Å². The summed E-state index contributed by atoms with van der Waals surface area (Å²) >= 11 is 12.0. The van der Waals surface area contributed by atoms with E-state index in [9.17, 15) is 23.1 Å². The van der Waals surface area contributed by atoms with E-state index in [4.69, 9.17) is 27.9 Å². The van der Waals surface area contributed by atoms with Crippen LogP contribution in [0.2, 0.25) is 10.0 Å². The molecule has 1 aromatic heterocycles. The quantitative estimate of drug-likeness (QED) is 0.494. The number of alkyl halides is 3. The van der Waals surface area contributed by atoms with Crippen molar-refractivity contribution in [3.63, 3.8) is 0 Å². The Labute approximate surface area is 196 Å². The zero-order chi connectivity index (χ0) is 23.8. The Kier molecular flexibility index (Phi) is 6.38. The number of benzene rings is 2. The lowest BCUT2D eigenvalue weighted by Gasteiger charge is -2.37. The van der Waals surface area contributed by atoms with Gasteiger partial charge in [0.1, 0.15) is 6.61 Å². The molecular formula is C22H16Cl2F3N3O3. The van der Waals surface area contributed by atoms with Crippen molar-refractivity contribution >= 4 is 46.3 Å². The number of ether oxygens (including phenoxy) is 1. The summed E-state index contributed by atoms with van der Waals surface area (Å²) in [6, 6.07) is 10.6. The molecule has 172 valence electrons. The fourth-order valence-corrected chi connectivity index (χ4v) is 3.93. The minimum Gasteiger partial charge on any atom is -0.488 e. The second-order valence-corrected chi connectivity index (χ2v) is 7.94. The maximum atomic E-state index is 13.2. The molecule has 0 bridgehead atoms. The van der Waals surface area contributed by atoms with Gasteiger partial charge in [-0.2, -0.15) is 13.2 Å². The van der Waals surface area contributed by atoms with Gasteiger partial charge in [-0.05, 0) is 42.5 Å². The summed E-state index contributed by atoms with van der Waals surface area (Å²) < 4.78 is 45.3. The lowest BCUT2D eigenvalue weighted by molar-refractivity contribution is -0.137. The summed E-state index contributed by atoms with van der Waals surface area (Å²) in [6.45, 7) is -0.242.